The SMILES string of the molecule is CCC(Oc1ccc2[nH]ccc2c1)C(=O)O. The van der Waals surface area contributed by atoms with Gasteiger partial charge in [0.15, 0.2) is 6.10 Å². The molecule has 1 atom stereocenters. The van der Waals surface area contributed by atoms with Crippen LogP contribution >= 0.6 is 0 Å². The zero-order valence-corrected chi connectivity index (χ0v) is 8.93. The Morgan fingerprint density at radius 2 is 2.31 bits per heavy atom. The van der Waals surface area contributed by atoms with Crippen molar-refractivity contribution in [2.45, 2.75) is 19.4 Å². The number of ether oxygens (including phenoxy) is 1. The fourth-order valence-corrected chi connectivity index (χ4v) is 1.58. The van der Waals surface area contributed by atoms with Gasteiger partial charge in [0.25, 0.3) is 0 Å². The lowest BCUT2D eigenvalue weighted by Crippen LogP contribution is -2.25. The van der Waals surface area contributed by atoms with E-state index in [1.54, 1.807) is 13.0 Å². The summed E-state index contributed by atoms with van der Waals surface area (Å²) in [4.78, 5) is 13.9. The Bertz CT molecular complexity index is 504. The third kappa shape index (κ3) is 2.00. The Hall–Kier alpha value is -1.97. The fraction of sp³-hybridized carbons (Fsp3) is 0.250. The van der Waals surface area contributed by atoms with E-state index < -0.39 is 12.1 Å². The van der Waals surface area contributed by atoms with Crippen LogP contribution in [0.4, 0.5) is 0 Å². The van der Waals surface area contributed by atoms with Gasteiger partial charge in [-0.25, -0.2) is 4.79 Å². The van der Waals surface area contributed by atoms with Crippen molar-refractivity contribution in [3.8, 4) is 5.75 Å². The summed E-state index contributed by atoms with van der Waals surface area (Å²) < 4.78 is 5.39. The van der Waals surface area contributed by atoms with Crippen LogP contribution in [0.25, 0.3) is 10.9 Å². The first-order valence-electron chi connectivity index (χ1n) is 5.17. The molecule has 1 unspecified atom stereocenters. The van der Waals surface area contributed by atoms with Crippen LogP contribution in [-0.2, 0) is 4.79 Å². The summed E-state index contributed by atoms with van der Waals surface area (Å²) >= 11 is 0. The number of hydrogen-bond donors (Lipinski definition) is 2. The van der Waals surface area contributed by atoms with Crippen LogP contribution in [0.2, 0.25) is 0 Å². The average molecular weight is 219 g/mol. The molecule has 2 N–H and O–H groups in total. The highest BCUT2D eigenvalue weighted by atomic mass is 16.5. The fourth-order valence-electron chi connectivity index (χ4n) is 1.58. The summed E-state index contributed by atoms with van der Waals surface area (Å²) in [6.45, 7) is 1.79. The average Bonchev–Trinajstić information content (AvgIpc) is 2.72. The molecule has 0 aliphatic rings. The Morgan fingerprint density at radius 1 is 1.50 bits per heavy atom. The number of fused-ring (bicyclic) bond motifs is 1. The molecule has 1 heterocycles. The molecule has 2 rings (SSSR count). The van der Waals surface area contributed by atoms with Crippen molar-refractivity contribution >= 4 is 16.9 Å². The highest BCUT2D eigenvalue weighted by Crippen LogP contribution is 2.21. The second-order valence-electron chi connectivity index (χ2n) is 3.58. The van der Waals surface area contributed by atoms with Gasteiger partial charge in [-0.2, -0.15) is 0 Å². The van der Waals surface area contributed by atoms with Crippen LogP contribution in [0.15, 0.2) is 30.5 Å². The Morgan fingerprint density at radius 3 is 3.00 bits per heavy atom. The van der Waals surface area contributed by atoms with Crippen molar-refractivity contribution in [3.05, 3.63) is 30.5 Å². The van der Waals surface area contributed by atoms with Gasteiger partial charge in [-0.1, -0.05) is 6.92 Å². The molecular formula is C12H13NO3. The minimum Gasteiger partial charge on any atom is -0.479 e. The van der Waals surface area contributed by atoms with Gasteiger partial charge in [0, 0.05) is 17.1 Å². The molecule has 0 aliphatic carbocycles. The van der Waals surface area contributed by atoms with Crippen LogP contribution in [0.5, 0.6) is 5.75 Å². The zero-order valence-electron chi connectivity index (χ0n) is 8.93. The first-order valence-corrected chi connectivity index (χ1v) is 5.17. The predicted octanol–water partition coefficient (Wildman–Crippen LogP) is 2.41. The maximum absolute atomic E-state index is 10.8. The summed E-state index contributed by atoms with van der Waals surface area (Å²) in [5.41, 5.74) is 1.01. The van der Waals surface area contributed by atoms with E-state index in [1.165, 1.54) is 0 Å². The van der Waals surface area contributed by atoms with E-state index in [1.807, 2.05) is 24.4 Å². The molecule has 0 radical (unpaired) electrons. The smallest absolute Gasteiger partial charge is 0.344 e. The molecular weight excluding hydrogens is 206 g/mol. The summed E-state index contributed by atoms with van der Waals surface area (Å²) in [6.07, 6.45) is 1.50. The maximum atomic E-state index is 10.8. The van der Waals surface area contributed by atoms with Crippen molar-refractivity contribution in [2.75, 3.05) is 0 Å². The molecule has 1 aromatic heterocycles. The van der Waals surface area contributed by atoms with Gasteiger partial charge in [-0.3, -0.25) is 0 Å². The quantitative estimate of drug-likeness (QED) is 0.830. The summed E-state index contributed by atoms with van der Waals surface area (Å²) in [5, 5.41) is 9.89. The van der Waals surface area contributed by atoms with Crippen molar-refractivity contribution < 1.29 is 14.6 Å². The van der Waals surface area contributed by atoms with Gasteiger partial charge in [0.2, 0.25) is 0 Å². The topological polar surface area (TPSA) is 62.3 Å². The predicted molar refractivity (Wildman–Crippen MR) is 60.6 cm³/mol. The molecule has 0 aliphatic heterocycles. The van der Waals surface area contributed by atoms with Gasteiger partial charge in [-0.15, -0.1) is 0 Å². The summed E-state index contributed by atoms with van der Waals surface area (Å²) in [5.74, 6) is -0.349. The van der Waals surface area contributed by atoms with Crippen molar-refractivity contribution in [2.24, 2.45) is 0 Å². The molecule has 0 fully saturated rings. The van der Waals surface area contributed by atoms with Gasteiger partial charge in [0.1, 0.15) is 5.75 Å². The third-order valence-corrected chi connectivity index (χ3v) is 2.45. The largest absolute Gasteiger partial charge is 0.479 e. The molecule has 16 heavy (non-hydrogen) atoms. The molecule has 4 heteroatoms. The Kier molecular flexibility index (Phi) is 2.81. The van der Waals surface area contributed by atoms with Crippen molar-refractivity contribution in [3.63, 3.8) is 0 Å². The van der Waals surface area contributed by atoms with Gasteiger partial charge >= 0.3 is 5.97 Å². The lowest BCUT2D eigenvalue weighted by atomic mass is 10.2. The van der Waals surface area contributed by atoms with Gasteiger partial charge < -0.3 is 14.8 Å². The summed E-state index contributed by atoms with van der Waals surface area (Å²) in [6, 6.07) is 7.39. The summed E-state index contributed by atoms with van der Waals surface area (Å²) in [7, 11) is 0. The van der Waals surface area contributed by atoms with E-state index in [4.69, 9.17) is 9.84 Å². The first-order chi connectivity index (χ1) is 7.70. The minimum absolute atomic E-state index is 0.445. The molecule has 84 valence electrons. The van der Waals surface area contributed by atoms with Crippen LogP contribution in [0.1, 0.15) is 13.3 Å². The lowest BCUT2D eigenvalue weighted by Gasteiger charge is -2.12. The number of carbonyl (C=O) groups is 1. The number of benzene rings is 1. The van der Waals surface area contributed by atoms with E-state index in [0.717, 1.165) is 10.9 Å². The number of carboxylic acid groups (broad SMARTS) is 1. The molecule has 1 aromatic carbocycles. The van der Waals surface area contributed by atoms with E-state index in [-0.39, 0.29) is 0 Å². The number of H-pyrrole nitrogens is 1. The normalized spacial score (nSPS) is 12.6. The molecule has 4 nitrogen and oxygen atoms in total. The maximum Gasteiger partial charge on any atom is 0.344 e. The van der Waals surface area contributed by atoms with Crippen LogP contribution in [0.3, 0.4) is 0 Å². The standard InChI is InChI=1S/C12H13NO3/c1-2-11(12(14)15)16-9-3-4-10-8(7-9)5-6-13-10/h3-7,11,13H,2H2,1H3,(H,14,15). The number of aliphatic carboxylic acids is 1. The molecule has 0 saturated carbocycles. The number of nitrogens with one attached hydrogen (secondary N) is 1. The molecule has 0 spiro atoms. The van der Waals surface area contributed by atoms with Crippen LogP contribution in [-0.4, -0.2) is 22.2 Å². The Labute approximate surface area is 92.9 Å². The molecule has 0 saturated heterocycles. The monoisotopic (exact) mass is 219 g/mol. The van der Waals surface area contributed by atoms with E-state index in [9.17, 15) is 4.79 Å². The highest BCUT2D eigenvalue weighted by Gasteiger charge is 2.16. The van der Waals surface area contributed by atoms with Crippen LogP contribution in [0, 0.1) is 0 Å². The number of aromatic nitrogens is 1. The van der Waals surface area contributed by atoms with Crippen molar-refractivity contribution in [1.29, 1.82) is 0 Å². The van der Waals surface area contributed by atoms with E-state index in [2.05, 4.69) is 4.98 Å². The molecule has 2 aromatic rings. The van der Waals surface area contributed by atoms with Gasteiger partial charge in [-0.05, 0) is 30.7 Å². The number of hydrogen-bond acceptors (Lipinski definition) is 2. The van der Waals surface area contributed by atoms with E-state index >= 15 is 0 Å². The van der Waals surface area contributed by atoms with Crippen LogP contribution < -0.4 is 4.74 Å². The highest BCUT2D eigenvalue weighted by molar-refractivity contribution is 5.81. The van der Waals surface area contributed by atoms with Crippen molar-refractivity contribution in [1.82, 2.24) is 4.98 Å². The molecule has 0 bridgehead atoms. The second kappa shape index (κ2) is 4.26. The number of aromatic amines is 1. The molecule has 0 amide bonds. The number of carboxylic acids is 1. The zero-order chi connectivity index (χ0) is 11.5. The third-order valence-electron chi connectivity index (χ3n) is 2.45. The Balaban J connectivity index is 2.23. The lowest BCUT2D eigenvalue weighted by molar-refractivity contribution is -0.145. The minimum atomic E-state index is -0.934. The first kappa shape index (κ1) is 10.5. The second-order valence-corrected chi connectivity index (χ2v) is 3.58. The number of rotatable bonds is 4. The van der Waals surface area contributed by atoms with E-state index in [0.29, 0.717) is 12.2 Å². The van der Waals surface area contributed by atoms with Gasteiger partial charge in [0.05, 0.1) is 0 Å².